The van der Waals surface area contributed by atoms with E-state index in [1.165, 1.54) is 32.8 Å². The maximum Gasteiger partial charge on any atom is 0.159 e. The van der Waals surface area contributed by atoms with Gasteiger partial charge < -0.3 is 9.32 Å². The zero-order valence-corrected chi connectivity index (χ0v) is 29.3. The molecule has 8 aromatic carbocycles. The van der Waals surface area contributed by atoms with Crippen LogP contribution in [0, 0.1) is 0 Å². The van der Waals surface area contributed by atoms with E-state index in [2.05, 4.69) is 202 Å². The molecule has 254 valence electrons. The van der Waals surface area contributed by atoms with Crippen molar-refractivity contribution in [2.45, 2.75) is 0 Å². The Morgan fingerprint density at radius 1 is 0.389 bits per heavy atom. The predicted octanol–water partition coefficient (Wildman–Crippen LogP) is 13.8. The highest BCUT2D eigenvalue weighted by Gasteiger charge is 2.23. The van der Waals surface area contributed by atoms with Crippen LogP contribution in [-0.2, 0) is 0 Å². The third-order valence-electron chi connectivity index (χ3n) is 10.7. The van der Waals surface area contributed by atoms with Crippen LogP contribution in [0.5, 0.6) is 0 Å². The van der Waals surface area contributed by atoms with Crippen LogP contribution in [0.25, 0.3) is 77.3 Å². The Labute approximate surface area is 312 Å². The van der Waals surface area contributed by atoms with Crippen molar-refractivity contribution >= 4 is 71.8 Å². The zero-order valence-electron chi connectivity index (χ0n) is 29.3. The number of anilines is 3. The summed E-state index contributed by atoms with van der Waals surface area (Å²) < 4.78 is 11.4. The van der Waals surface area contributed by atoms with Crippen molar-refractivity contribution in [3.05, 3.63) is 200 Å². The lowest BCUT2D eigenvalue weighted by molar-refractivity contribution is 0.669. The molecular formula is C50H33N3O. The third-order valence-corrected chi connectivity index (χ3v) is 10.7. The SMILES string of the molecule is c1ccc(N(c2ccc(-c3ccc4c(c3)c3c5ccccc5n(-c5ccccc5)c3n4-c3ccccc3)cc2)c2cccc3c2oc2ccccc23)cc1. The van der Waals surface area contributed by atoms with Gasteiger partial charge in [0.05, 0.1) is 16.7 Å². The standard InChI is InChI=1S/C50H33N3O/c1-4-15-36(16-5-1)51(46-25-14-23-41-40-21-11-13-26-47(40)54-49(41)46)39-30-27-34(28-31-39)35-29-32-45-43(33-35)48-42-22-10-12-24-44(42)52(37-17-6-2-7-18-37)50(48)53(45)38-19-8-3-9-20-38/h1-33H. The van der Waals surface area contributed by atoms with Crippen LogP contribution in [0.1, 0.15) is 0 Å². The van der Waals surface area contributed by atoms with Gasteiger partial charge in [-0.3, -0.25) is 9.13 Å². The average molecular weight is 692 g/mol. The van der Waals surface area contributed by atoms with Crippen LogP contribution in [-0.4, -0.2) is 9.13 Å². The lowest BCUT2D eigenvalue weighted by Gasteiger charge is -2.25. The highest BCUT2D eigenvalue weighted by atomic mass is 16.3. The van der Waals surface area contributed by atoms with Crippen molar-refractivity contribution < 1.29 is 4.42 Å². The molecular weight excluding hydrogens is 659 g/mol. The number of rotatable bonds is 6. The summed E-state index contributed by atoms with van der Waals surface area (Å²) >= 11 is 0. The summed E-state index contributed by atoms with van der Waals surface area (Å²) in [6.45, 7) is 0. The summed E-state index contributed by atoms with van der Waals surface area (Å²) in [4.78, 5) is 2.29. The monoisotopic (exact) mass is 691 g/mol. The maximum absolute atomic E-state index is 6.53. The van der Waals surface area contributed by atoms with Crippen molar-refractivity contribution in [3.63, 3.8) is 0 Å². The van der Waals surface area contributed by atoms with Gasteiger partial charge in [-0.05, 0) is 90.0 Å². The van der Waals surface area contributed by atoms with E-state index in [1.54, 1.807) is 0 Å². The second-order valence-corrected chi connectivity index (χ2v) is 13.8. The van der Waals surface area contributed by atoms with Crippen LogP contribution >= 0.6 is 0 Å². The molecule has 0 aliphatic rings. The minimum absolute atomic E-state index is 0.874. The molecule has 0 fully saturated rings. The molecule has 0 aliphatic carbocycles. The van der Waals surface area contributed by atoms with E-state index in [4.69, 9.17) is 4.42 Å². The van der Waals surface area contributed by atoms with Crippen molar-refractivity contribution in [2.75, 3.05) is 4.90 Å². The van der Waals surface area contributed by atoms with E-state index in [-0.39, 0.29) is 0 Å². The molecule has 0 saturated carbocycles. The van der Waals surface area contributed by atoms with Gasteiger partial charge in [-0.25, -0.2) is 0 Å². The van der Waals surface area contributed by atoms with Gasteiger partial charge in [0.25, 0.3) is 0 Å². The molecule has 0 radical (unpaired) electrons. The quantitative estimate of drug-likeness (QED) is 0.173. The lowest BCUT2D eigenvalue weighted by Crippen LogP contribution is -2.10. The zero-order chi connectivity index (χ0) is 35.6. The van der Waals surface area contributed by atoms with Gasteiger partial charge >= 0.3 is 0 Å². The van der Waals surface area contributed by atoms with Crippen molar-refractivity contribution in [1.82, 2.24) is 9.13 Å². The number of hydrogen-bond donors (Lipinski definition) is 0. The Balaban J connectivity index is 1.09. The van der Waals surface area contributed by atoms with E-state index in [0.29, 0.717) is 0 Å². The molecule has 11 rings (SSSR count). The first-order valence-electron chi connectivity index (χ1n) is 18.4. The molecule has 4 nitrogen and oxygen atoms in total. The molecule has 0 atom stereocenters. The van der Waals surface area contributed by atoms with E-state index < -0.39 is 0 Å². The summed E-state index contributed by atoms with van der Waals surface area (Å²) in [7, 11) is 0. The fraction of sp³-hybridized carbons (Fsp3) is 0. The number of benzene rings is 8. The molecule has 0 unspecified atom stereocenters. The fourth-order valence-electron chi connectivity index (χ4n) is 8.32. The number of para-hydroxylation sites is 6. The number of furan rings is 1. The van der Waals surface area contributed by atoms with Crippen molar-refractivity contribution in [1.29, 1.82) is 0 Å². The average Bonchev–Trinajstić information content (AvgIpc) is 3.90. The summed E-state index contributed by atoms with van der Waals surface area (Å²) in [5.74, 6) is 0. The minimum Gasteiger partial charge on any atom is -0.454 e. The number of fused-ring (bicyclic) bond motifs is 8. The van der Waals surface area contributed by atoms with E-state index >= 15 is 0 Å². The van der Waals surface area contributed by atoms with Crippen molar-refractivity contribution in [3.8, 4) is 22.5 Å². The molecule has 3 aromatic heterocycles. The Morgan fingerprint density at radius 3 is 1.67 bits per heavy atom. The van der Waals surface area contributed by atoms with Gasteiger partial charge in [0.1, 0.15) is 11.2 Å². The number of nitrogens with zero attached hydrogens (tertiary/aromatic N) is 3. The van der Waals surface area contributed by atoms with Gasteiger partial charge in [0.2, 0.25) is 0 Å². The predicted molar refractivity (Wildman–Crippen MR) is 225 cm³/mol. The largest absolute Gasteiger partial charge is 0.454 e. The summed E-state index contributed by atoms with van der Waals surface area (Å²) in [6, 6.07) is 71.2. The van der Waals surface area contributed by atoms with Gasteiger partial charge in [-0.1, -0.05) is 121 Å². The van der Waals surface area contributed by atoms with Crippen LogP contribution in [0.2, 0.25) is 0 Å². The van der Waals surface area contributed by atoms with Gasteiger partial charge in [-0.15, -0.1) is 0 Å². The first-order valence-corrected chi connectivity index (χ1v) is 18.4. The summed E-state index contributed by atoms with van der Waals surface area (Å²) in [6.07, 6.45) is 0. The van der Waals surface area contributed by atoms with Crippen molar-refractivity contribution in [2.24, 2.45) is 0 Å². The number of hydrogen-bond acceptors (Lipinski definition) is 2. The molecule has 4 heteroatoms. The van der Waals surface area contributed by atoms with E-state index in [0.717, 1.165) is 61.6 Å². The molecule has 54 heavy (non-hydrogen) atoms. The Kier molecular flexibility index (Phi) is 6.82. The Hall–Kier alpha value is -7.30. The summed E-state index contributed by atoms with van der Waals surface area (Å²) in [5.41, 5.74) is 13.0. The first kappa shape index (κ1) is 30.3. The Bertz CT molecular complexity index is 3140. The maximum atomic E-state index is 6.53. The molecule has 0 aliphatic heterocycles. The molecule has 0 spiro atoms. The topological polar surface area (TPSA) is 26.2 Å². The molecule has 0 amide bonds. The molecule has 0 N–H and O–H groups in total. The summed E-state index contributed by atoms with van der Waals surface area (Å²) in [5, 5.41) is 5.94. The second-order valence-electron chi connectivity index (χ2n) is 13.8. The van der Waals surface area contributed by atoms with Gasteiger partial charge in [-0.2, -0.15) is 0 Å². The van der Waals surface area contributed by atoms with Gasteiger partial charge in [0, 0.05) is 49.7 Å². The van der Waals surface area contributed by atoms with Gasteiger partial charge in [0.15, 0.2) is 5.58 Å². The first-order chi connectivity index (χ1) is 26.8. The fourth-order valence-corrected chi connectivity index (χ4v) is 8.32. The van der Waals surface area contributed by atoms with Crippen LogP contribution < -0.4 is 4.90 Å². The van der Waals surface area contributed by atoms with E-state index in [1.807, 2.05) is 12.1 Å². The molecule has 0 saturated heterocycles. The molecule has 3 heterocycles. The molecule has 11 aromatic rings. The minimum atomic E-state index is 0.874. The molecule has 0 bridgehead atoms. The van der Waals surface area contributed by atoms with Crippen LogP contribution in [0.3, 0.4) is 0 Å². The highest BCUT2D eigenvalue weighted by molar-refractivity contribution is 6.23. The van der Waals surface area contributed by atoms with Crippen LogP contribution in [0.4, 0.5) is 17.1 Å². The number of aromatic nitrogens is 2. The normalized spacial score (nSPS) is 11.7. The second kappa shape index (κ2) is 12.1. The lowest BCUT2D eigenvalue weighted by atomic mass is 10.0. The highest BCUT2D eigenvalue weighted by Crippen LogP contribution is 2.44. The smallest absolute Gasteiger partial charge is 0.159 e. The van der Waals surface area contributed by atoms with E-state index in [9.17, 15) is 0 Å². The van der Waals surface area contributed by atoms with Crippen LogP contribution in [0.15, 0.2) is 205 Å². The third kappa shape index (κ3) is 4.64. The Morgan fingerprint density at radius 2 is 0.944 bits per heavy atom.